The first-order valence-corrected chi connectivity index (χ1v) is 11.7. The molecular weight excluding hydrogens is 372 g/mol. The number of likely N-dealkylation sites (tertiary alicyclic amines) is 1. The van der Waals surface area contributed by atoms with Crippen LogP contribution in [0.3, 0.4) is 0 Å². The highest BCUT2D eigenvalue weighted by Gasteiger charge is 2.32. The molecule has 4 rings (SSSR count). The van der Waals surface area contributed by atoms with E-state index in [1.165, 1.54) is 43.9 Å². The molecule has 0 saturated carbocycles. The van der Waals surface area contributed by atoms with Gasteiger partial charge < -0.3 is 14.8 Å². The maximum atomic E-state index is 12.3. The molecular formula is C22H32N2O3S. The lowest BCUT2D eigenvalue weighted by atomic mass is 9.95. The number of nitrogens with one attached hydrogen (secondary N) is 1. The molecule has 3 aliphatic heterocycles. The molecule has 0 unspecified atom stereocenters. The van der Waals surface area contributed by atoms with E-state index < -0.39 is 0 Å². The van der Waals surface area contributed by atoms with Crippen LogP contribution in [0.15, 0.2) is 18.2 Å². The predicted octanol–water partition coefficient (Wildman–Crippen LogP) is 3.11. The van der Waals surface area contributed by atoms with Crippen LogP contribution in [0.1, 0.15) is 38.7 Å². The number of amides is 1. The van der Waals surface area contributed by atoms with Crippen LogP contribution in [0.2, 0.25) is 0 Å². The first-order chi connectivity index (χ1) is 13.5. The zero-order chi connectivity index (χ0) is 19.6. The highest BCUT2D eigenvalue weighted by atomic mass is 32.2. The Morgan fingerprint density at radius 3 is 2.89 bits per heavy atom. The summed E-state index contributed by atoms with van der Waals surface area (Å²) in [4.78, 5) is 14.9. The number of carbonyl (C=O) groups excluding carboxylic acids is 1. The van der Waals surface area contributed by atoms with Crippen molar-refractivity contribution in [3.63, 3.8) is 0 Å². The normalized spacial score (nSPS) is 24.6. The third-order valence-corrected chi connectivity index (χ3v) is 7.22. The minimum absolute atomic E-state index is 0.0401. The Labute approximate surface area is 172 Å². The number of para-hydroxylation sites is 1. The number of thioether (sulfide) groups is 1. The van der Waals surface area contributed by atoms with E-state index in [0.717, 1.165) is 30.3 Å². The van der Waals surface area contributed by atoms with Gasteiger partial charge in [0.1, 0.15) is 5.60 Å². The molecule has 0 aliphatic carbocycles. The molecule has 3 aliphatic rings. The van der Waals surface area contributed by atoms with Gasteiger partial charge in [0.25, 0.3) is 5.91 Å². The van der Waals surface area contributed by atoms with Crippen LogP contribution in [0.4, 0.5) is 0 Å². The van der Waals surface area contributed by atoms with Gasteiger partial charge >= 0.3 is 0 Å². The van der Waals surface area contributed by atoms with E-state index in [1.807, 2.05) is 12.1 Å². The van der Waals surface area contributed by atoms with Gasteiger partial charge in [-0.2, -0.15) is 11.8 Å². The standard InChI is InChI=1S/C22H32N2O3S/c1-22(2)12-17-4-3-5-19(21(17)27-22)26-14-20(25)23-13-16-6-9-24(10-7-16)18-8-11-28-15-18/h3-5,16,18H,6-15H2,1-2H3,(H,23,25)/t18-/m1/s1. The summed E-state index contributed by atoms with van der Waals surface area (Å²) in [5.74, 6) is 4.60. The van der Waals surface area contributed by atoms with Gasteiger partial charge in [0, 0.05) is 30.3 Å². The molecule has 28 heavy (non-hydrogen) atoms. The average Bonchev–Trinajstić information content (AvgIpc) is 3.31. The maximum absolute atomic E-state index is 12.3. The van der Waals surface area contributed by atoms with E-state index in [2.05, 4.69) is 41.9 Å². The van der Waals surface area contributed by atoms with E-state index >= 15 is 0 Å². The second-order valence-electron chi connectivity index (χ2n) is 8.87. The third-order valence-electron chi connectivity index (χ3n) is 6.07. The zero-order valence-corrected chi connectivity index (χ0v) is 17.9. The van der Waals surface area contributed by atoms with Crippen molar-refractivity contribution in [1.82, 2.24) is 10.2 Å². The van der Waals surface area contributed by atoms with Crippen LogP contribution in [-0.4, -0.2) is 60.2 Å². The van der Waals surface area contributed by atoms with Gasteiger partial charge in [0.15, 0.2) is 18.1 Å². The molecule has 5 nitrogen and oxygen atoms in total. The second-order valence-corrected chi connectivity index (χ2v) is 10.0. The Balaban J connectivity index is 1.19. The van der Waals surface area contributed by atoms with E-state index in [0.29, 0.717) is 11.7 Å². The number of rotatable bonds is 6. The van der Waals surface area contributed by atoms with E-state index in [4.69, 9.17) is 9.47 Å². The molecule has 0 radical (unpaired) electrons. The number of hydrogen-bond donors (Lipinski definition) is 1. The molecule has 1 amide bonds. The minimum atomic E-state index is -0.212. The summed E-state index contributed by atoms with van der Waals surface area (Å²) in [6.07, 6.45) is 4.56. The summed E-state index contributed by atoms with van der Waals surface area (Å²) in [6.45, 7) is 7.28. The molecule has 2 saturated heterocycles. The van der Waals surface area contributed by atoms with Crippen LogP contribution in [0.5, 0.6) is 11.5 Å². The first kappa shape index (κ1) is 19.9. The molecule has 0 aromatic heterocycles. The monoisotopic (exact) mass is 404 g/mol. The molecule has 1 atom stereocenters. The summed E-state index contributed by atoms with van der Waals surface area (Å²) < 4.78 is 11.8. The number of benzene rings is 1. The molecule has 1 aromatic carbocycles. The van der Waals surface area contributed by atoms with Crippen molar-refractivity contribution in [3.05, 3.63) is 23.8 Å². The van der Waals surface area contributed by atoms with Crippen LogP contribution < -0.4 is 14.8 Å². The topological polar surface area (TPSA) is 50.8 Å². The number of ether oxygens (including phenoxy) is 2. The van der Waals surface area contributed by atoms with Crippen molar-refractivity contribution in [2.45, 2.75) is 51.2 Å². The van der Waals surface area contributed by atoms with Gasteiger partial charge in [-0.15, -0.1) is 0 Å². The van der Waals surface area contributed by atoms with Crippen LogP contribution in [-0.2, 0) is 11.2 Å². The van der Waals surface area contributed by atoms with Crippen molar-refractivity contribution < 1.29 is 14.3 Å². The van der Waals surface area contributed by atoms with Crippen molar-refractivity contribution in [2.24, 2.45) is 5.92 Å². The summed E-state index contributed by atoms with van der Waals surface area (Å²) in [5.41, 5.74) is 0.936. The van der Waals surface area contributed by atoms with Crippen LogP contribution in [0, 0.1) is 5.92 Å². The quantitative estimate of drug-likeness (QED) is 0.790. The van der Waals surface area contributed by atoms with Gasteiger partial charge in [-0.1, -0.05) is 12.1 Å². The Bertz CT molecular complexity index is 695. The van der Waals surface area contributed by atoms with Gasteiger partial charge in [-0.05, 0) is 63.9 Å². The van der Waals surface area contributed by atoms with Crippen LogP contribution in [0.25, 0.3) is 0 Å². The number of hydrogen-bond acceptors (Lipinski definition) is 5. The fourth-order valence-corrected chi connectivity index (χ4v) is 5.74. The molecule has 154 valence electrons. The van der Waals surface area contributed by atoms with E-state index in [-0.39, 0.29) is 18.1 Å². The Morgan fingerprint density at radius 2 is 2.14 bits per heavy atom. The fraction of sp³-hybridized carbons (Fsp3) is 0.682. The second kappa shape index (κ2) is 8.54. The lowest BCUT2D eigenvalue weighted by molar-refractivity contribution is -0.123. The Morgan fingerprint density at radius 1 is 1.32 bits per heavy atom. The molecule has 6 heteroatoms. The highest BCUT2D eigenvalue weighted by Crippen LogP contribution is 2.41. The third kappa shape index (κ3) is 4.77. The van der Waals surface area contributed by atoms with Gasteiger partial charge in [0.05, 0.1) is 0 Å². The number of piperidine rings is 1. The van der Waals surface area contributed by atoms with E-state index in [1.54, 1.807) is 0 Å². The predicted molar refractivity (Wildman–Crippen MR) is 113 cm³/mol. The van der Waals surface area contributed by atoms with Crippen molar-refractivity contribution in [3.8, 4) is 11.5 Å². The number of fused-ring (bicyclic) bond motifs is 1. The van der Waals surface area contributed by atoms with Gasteiger partial charge in [0.2, 0.25) is 0 Å². The van der Waals surface area contributed by atoms with Gasteiger partial charge in [-0.3, -0.25) is 9.69 Å². The Hall–Kier alpha value is -1.40. The van der Waals surface area contributed by atoms with Crippen molar-refractivity contribution >= 4 is 17.7 Å². The van der Waals surface area contributed by atoms with Crippen molar-refractivity contribution in [2.75, 3.05) is 37.7 Å². The molecule has 0 bridgehead atoms. The summed E-state index contributed by atoms with van der Waals surface area (Å²) in [5, 5.41) is 3.06. The summed E-state index contributed by atoms with van der Waals surface area (Å²) >= 11 is 2.08. The summed E-state index contributed by atoms with van der Waals surface area (Å²) in [6, 6.07) is 6.69. The average molecular weight is 405 g/mol. The lowest BCUT2D eigenvalue weighted by Crippen LogP contribution is -2.44. The molecule has 1 N–H and O–H groups in total. The lowest BCUT2D eigenvalue weighted by Gasteiger charge is -2.35. The highest BCUT2D eigenvalue weighted by molar-refractivity contribution is 7.99. The number of nitrogens with zero attached hydrogens (tertiary/aromatic N) is 1. The smallest absolute Gasteiger partial charge is 0.257 e. The first-order valence-electron chi connectivity index (χ1n) is 10.5. The van der Waals surface area contributed by atoms with E-state index in [9.17, 15) is 4.79 Å². The Kier molecular flexibility index (Phi) is 6.07. The number of carbonyl (C=O) groups is 1. The molecule has 0 spiro atoms. The molecule has 2 fully saturated rings. The largest absolute Gasteiger partial charge is 0.483 e. The fourth-order valence-electron chi connectivity index (χ4n) is 4.49. The van der Waals surface area contributed by atoms with Crippen LogP contribution >= 0.6 is 11.8 Å². The summed E-state index contributed by atoms with van der Waals surface area (Å²) in [7, 11) is 0. The molecule has 3 heterocycles. The van der Waals surface area contributed by atoms with Crippen molar-refractivity contribution in [1.29, 1.82) is 0 Å². The molecule has 1 aromatic rings. The maximum Gasteiger partial charge on any atom is 0.257 e. The zero-order valence-electron chi connectivity index (χ0n) is 17.0. The minimum Gasteiger partial charge on any atom is -0.483 e. The van der Waals surface area contributed by atoms with Gasteiger partial charge in [-0.25, -0.2) is 0 Å². The SMILES string of the molecule is CC1(C)Cc2cccc(OCC(=O)NCC3CCN([C@@H]4CCSC4)CC3)c2O1.